The second-order valence-electron chi connectivity index (χ2n) is 6.74. The predicted octanol–water partition coefficient (Wildman–Crippen LogP) is 4.27. The molecule has 1 saturated heterocycles. The molecule has 4 nitrogen and oxygen atoms in total. The van der Waals surface area contributed by atoms with Gasteiger partial charge in [-0.1, -0.05) is 23.8 Å². The molecule has 0 atom stereocenters. The van der Waals surface area contributed by atoms with Crippen molar-refractivity contribution in [2.45, 2.75) is 19.4 Å². The quantitative estimate of drug-likeness (QED) is 0.806. The van der Waals surface area contributed by atoms with Gasteiger partial charge in [-0.25, -0.2) is 4.79 Å². The molecule has 4 rings (SSSR count). The van der Waals surface area contributed by atoms with Gasteiger partial charge in [0.2, 0.25) is 0 Å². The summed E-state index contributed by atoms with van der Waals surface area (Å²) >= 11 is 1.66. The number of carbonyl (C=O) groups is 1. The van der Waals surface area contributed by atoms with E-state index in [0.717, 1.165) is 47.7 Å². The van der Waals surface area contributed by atoms with E-state index in [1.165, 1.54) is 22.1 Å². The first-order valence-corrected chi connectivity index (χ1v) is 9.60. The van der Waals surface area contributed by atoms with Crippen LogP contribution in [0.3, 0.4) is 0 Å². The summed E-state index contributed by atoms with van der Waals surface area (Å²) in [6.07, 6.45) is 4.97. The van der Waals surface area contributed by atoms with Gasteiger partial charge in [-0.3, -0.25) is 0 Å². The van der Waals surface area contributed by atoms with Crippen molar-refractivity contribution < 1.29 is 14.6 Å². The molecule has 2 aliphatic rings. The molecule has 0 saturated carbocycles. The number of fused-ring (bicyclic) bond motifs is 2. The molecule has 26 heavy (non-hydrogen) atoms. The van der Waals surface area contributed by atoms with E-state index in [4.69, 9.17) is 9.84 Å². The fourth-order valence-corrected chi connectivity index (χ4v) is 4.75. The van der Waals surface area contributed by atoms with Crippen LogP contribution in [0.1, 0.15) is 33.7 Å². The minimum Gasteiger partial charge on any atom is -0.488 e. The summed E-state index contributed by atoms with van der Waals surface area (Å²) in [6.45, 7) is 2.64. The van der Waals surface area contributed by atoms with Crippen LogP contribution in [0.2, 0.25) is 0 Å². The maximum absolute atomic E-state index is 10.9. The lowest BCUT2D eigenvalue weighted by Gasteiger charge is -2.26. The highest BCUT2D eigenvalue weighted by molar-refractivity contribution is 7.14. The molecule has 0 aliphatic carbocycles. The Morgan fingerprint density at radius 1 is 1.27 bits per heavy atom. The fourth-order valence-electron chi connectivity index (χ4n) is 3.57. The van der Waals surface area contributed by atoms with Crippen LogP contribution in [0.25, 0.3) is 11.6 Å². The summed E-state index contributed by atoms with van der Waals surface area (Å²) in [5.41, 5.74) is 5.05. The first-order valence-electron chi connectivity index (χ1n) is 8.78. The van der Waals surface area contributed by atoms with Crippen LogP contribution >= 0.6 is 11.3 Å². The van der Waals surface area contributed by atoms with Crippen molar-refractivity contribution >= 4 is 29.0 Å². The number of hydrogen-bond donors (Lipinski definition) is 1. The van der Waals surface area contributed by atoms with Gasteiger partial charge in [0.25, 0.3) is 0 Å². The van der Waals surface area contributed by atoms with Crippen LogP contribution in [0, 0.1) is 0 Å². The van der Waals surface area contributed by atoms with E-state index in [0.29, 0.717) is 6.61 Å². The standard InChI is InChI=1S/C21H21NO3S/c1-22-10-8-14(9-11-22)20-17-4-2-3-5-18(17)25-13-15-12-16(26-21(15)20)6-7-19(23)24/h2-7,12H,8-11,13H2,1H3,(H,23,24). The van der Waals surface area contributed by atoms with Crippen LogP contribution in [-0.2, 0) is 11.4 Å². The molecule has 0 spiro atoms. The first-order chi connectivity index (χ1) is 12.6. The van der Waals surface area contributed by atoms with Gasteiger partial charge in [-0.05, 0) is 38.1 Å². The smallest absolute Gasteiger partial charge is 0.328 e. The second-order valence-corrected chi connectivity index (χ2v) is 7.83. The van der Waals surface area contributed by atoms with Crippen LogP contribution in [-0.4, -0.2) is 36.1 Å². The third-order valence-corrected chi connectivity index (χ3v) is 6.09. The van der Waals surface area contributed by atoms with Crippen LogP contribution in [0.15, 0.2) is 42.0 Å². The average Bonchev–Trinajstić information content (AvgIpc) is 2.97. The summed E-state index contributed by atoms with van der Waals surface area (Å²) in [7, 11) is 2.16. The van der Waals surface area contributed by atoms with Gasteiger partial charge in [-0.15, -0.1) is 11.3 Å². The highest BCUT2D eigenvalue weighted by atomic mass is 32.1. The Labute approximate surface area is 157 Å². The lowest BCUT2D eigenvalue weighted by atomic mass is 9.91. The molecule has 134 valence electrons. The van der Waals surface area contributed by atoms with Crippen molar-refractivity contribution in [3.63, 3.8) is 0 Å². The summed E-state index contributed by atoms with van der Waals surface area (Å²) in [4.78, 5) is 15.4. The summed E-state index contributed by atoms with van der Waals surface area (Å²) < 4.78 is 6.08. The van der Waals surface area contributed by atoms with Crippen molar-refractivity contribution in [3.8, 4) is 5.75 Å². The largest absolute Gasteiger partial charge is 0.488 e. The zero-order valence-electron chi connectivity index (χ0n) is 14.7. The maximum atomic E-state index is 10.9. The number of piperidine rings is 1. The normalized spacial score (nSPS) is 17.6. The number of carboxylic acids is 1. The number of rotatable bonds is 2. The third kappa shape index (κ3) is 3.32. The van der Waals surface area contributed by atoms with Crippen molar-refractivity contribution in [1.29, 1.82) is 0 Å². The topological polar surface area (TPSA) is 49.8 Å². The zero-order valence-corrected chi connectivity index (χ0v) is 15.5. The summed E-state index contributed by atoms with van der Waals surface area (Å²) in [5, 5.41) is 8.91. The lowest BCUT2D eigenvalue weighted by Crippen LogP contribution is -2.26. The van der Waals surface area contributed by atoms with Crippen LogP contribution < -0.4 is 4.74 Å². The number of ether oxygens (including phenoxy) is 1. The number of carboxylic acid groups (broad SMARTS) is 1. The molecule has 2 aromatic rings. The molecular formula is C21H21NO3S. The van der Waals surface area contributed by atoms with E-state index >= 15 is 0 Å². The fraction of sp³-hybridized carbons (Fsp3) is 0.286. The van der Waals surface area contributed by atoms with Crippen LogP contribution in [0.4, 0.5) is 0 Å². The number of likely N-dealkylation sites (tertiary alicyclic amines) is 1. The van der Waals surface area contributed by atoms with E-state index in [-0.39, 0.29) is 0 Å². The van der Waals surface area contributed by atoms with Gasteiger partial charge in [0, 0.05) is 45.6 Å². The molecule has 0 unspecified atom stereocenters. The zero-order chi connectivity index (χ0) is 18.1. The monoisotopic (exact) mass is 367 g/mol. The number of thiophene rings is 1. The van der Waals surface area contributed by atoms with Crippen molar-refractivity contribution in [1.82, 2.24) is 4.90 Å². The summed E-state index contributed by atoms with van der Waals surface area (Å²) in [5.74, 6) is 0.00374. The Morgan fingerprint density at radius 2 is 2.04 bits per heavy atom. The van der Waals surface area contributed by atoms with E-state index in [1.807, 2.05) is 12.1 Å². The van der Waals surface area contributed by atoms with Gasteiger partial charge >= 0.3 is 5.97 Å². The van der Waals surface area contributed by atoms with Gasteiger partial charge in [0.15, 0.2) is 0 Å². The molecular weight excluding hydrogens is 346 g/mol. The third-order valence-electron chi connectivity index (χ3n) is 4.93. The molecule has 0 bridgehead atoms. The second kappa shape index (κ2) is 7.09. The van der Waals surface area contributed by atoms with Gasteiger partial charge in [0.05, 0.1) is 0 Å². The average molecular weight is 367 g/mol. The minimum absolute atomic E-state index is 0.514. The number of aliphatic carboxylic acids is 1. The minimum atomic E-state index is -0.927. The Hall–Kier alpha value is -2.37. The Kier molecular flexibility index (Phi) is 4.66. The number of para-hydroxylation sites is 1. The van der Waals surface area contributed by atoms with Crippen LogP contribution in [0.5, 0.6) is 5.75 Å². The van der Waals surface area contributed by atoms with Crippen molar-refractivity contribution in [3.05, 3.63) is 62.9 Å². The lowest BCUT2D eigenvalue weighted by molar-refractivity contribution is -0.131. The number of nitrogens with zero attached hydrogens (tertiary/aromatic N) is 1. The van der Waals surface area contributed by atoms with Gasteiger partial charge < -0.3 is 14.7 Å². The van der Waals surface area contributed by atoms with E-state index < -0.39 is 5.97 Å². The van der Waals surface area contributed by atoms with E-state index in [1.54, 1.807) is 17.4 Å². The highest BCUT2D eigenvalue weighted by Crippen LogP contribution is 2.44. The van der Waals surface area contributed by atoms with Crippen molar-refractivity contribution in [2.24, 2.45) is 0 Å². The molecule has 1 N–H and O–H groups in total. The molecule has 1 aromatic heterocycles. The SMILES string of the molecule is CN1CCC(=C2c3ccccc3OCc3cc(C=CC(=O)O)sc32)CC1. The van der Waals surface area contributed by atoms with E-state index in [9.17, 15) is 4.79 Å². The molecule has 5 heteroatoms. The van der Waals surface area contributed by atoms with Gasteiger partial charge in [0.1, 0.15) is 12.4 Å². The Bertz CT molecular complexity index is 900. The summed E-state index contributed by atoms with van der Waals surface area (Å²) in [6, 6.07) is 10.3. The molecule has 0 amide bonds. The van der Waals surface area contributed by atoms with E-state index in [2.05, 4.69) is 30.1 Å². The molecule has 2 aliphatic heterocycles. The molecule has 1 fully saturated rings. The maximum Gasteiger partial charge on any atom is 0.328 e. The highest BCUT2D eigenvalue weighted by Gasteiger charge is 2.25. The molecule has 3 heterocycles. The molecule has 0 radical (unpaired) electrons. The van der Waals surface area contributed by atoms with Crippen molar-refractivity contribution in [2.75, 3.05) is 20.1 Å². The molecule has 1 aromatic carbocycles. The Balaban J connectivity index is 1.86. The number of hydrogen-bond acceptors (Lipinski definition) is 4. The van der Waals surface area contributed by atoms with Gasteiger partial charge in [-0.2, -0.15) is 0 Å². The number of benzene rings is 1. The predicted molar refractivity (Wildman–Crippen MR) is 105 cm³/mol. The first kappa shape index (κ1) is 17.1. The Morgan fingerprint density at radius 3 is 2.81 bits per heavy atom.